The fraction of sp³-hybridized carbons (Fsp3) is 0.250. The molecule has 8 heteroatoms. The third kappa shape index (κ3) is 3.80. The monoisotopic (exact) mass is 400 g/mol. The second kappa shape index (κ2) is 7.90. The molecule has 1 aromatic heterocycles. The molecule has 1 aliphatic heterocycles. The number of benzene rings is 2. The number of aryl methyl sites for hydroxylation is 1. The molecule has 0 saturated heterocycles. The summed E-state index contributed by atoms with van der Waals surface area (Å²) < 4.78 is 17.9. The van der Waals surface area contributed by atoms with Crippen molar-refractivity contribution in [2.75, 3.05) is 13.2 Å². The van der Waals surface area contributed by atoms with Crippen LogP contribution in [0.5, 0.6) is 11.5 Å². The van der Waals surface area contributed by atoms with Gasteiger partial charge in [-0.1, -0.05) is 23.7 Å². The molecule has 28 heavy (non-hydrogen) atoms. The SMILES string of the molecule is O=C(CCn1ncc(=O)c2ccccc21)OCc1cc(Cl)c2c(c1)OCCO2. The lowest BCUT2D eigenvalue weighted by molar-refractivity contribution is -0.145. The molecule has 144 valence electrons. The second-order valence-corrected chi connectivity index (χ2v) is 6.67. The van der Waals surface area contributed by atoms with Crippen LogP contribution in [-0.4, -0.2) is 29.0 Å². The van der Waals surface area contributed by atoms with E-state index in [0.29, 0.717) is 47.2 Å². The summed E-state index contributed by atoms with van der Waals surface area (Å²) in [6.07, 6.45) is 1.38. The second-order valence-electron chi connectivity index (χ2n) is 6.26. The molecule has 2 aromatic carbocycles. The molecule has 0 aliphatic carbocycles. The topological polar surface area (TPSA) is 79.7 Å². The molecule has 0 radical (unpaired) electrons. The molecule has 3 aromatic rings. The molecule has 0 saturated carbocycles. The van der Waals surface area contributed by atoms with Gasteiger partial charge in [0, 0.05) is 5.39 Å². The Labute approximate surface area is 165 Å². The van der Waals surface area contributed by atoms with Crippen LogP contribution in [0, 0.1) is 0 Å². The Morgan fingerprint density at radius 1 is 1.21 bits per heavy atom. The number of hydrogen-bond acceptors (Lipinski definition) is 6. The van der Waals surface area contributed by atoms with Crippen LogP contribution >= 0.6 is 11.6 Å². The van der Waals surface area contributed by atoms with Crippen molar-refractivity contribution in [3.63, 3.8) is 0 Å². The first-order valence-corrected chi connectivity index (χ1v) is 9.18. The number of hydrogen-bond donors (Lipinski definition) is 0. The van der Waals surface area contributed by atoms with Crippen LogP contribution in [0.4, 0.5) is 0 Å². The molecule has 2 heterocycles. The van der Waals surface area contributed by atoms with Gasteiger partial charge in [-0.2, -0.15) is 5.10 Å². The van der Waals surface area contributed by atoms with Crippen molar-refractivity contribution < 1.29 is 19.0 Å². The van der Waals surface area contributed by atoms with Gasteiger partial charge in [0.15, 0.2) is 11.5 Å². The summed E-state index contributed by atoms with van der Waals surface area (Å²) in [5, 5.41) is 5.09. The third-order valence-electron chi connectivity index (χ3n) is 4.35. The highest BCUT2D eigenvalue weighted by Gasteiger charge is 2.17. The fourth-order valence-electron chi connectivity index (χ4n) is 3.02. The first-order chi connectivity index (χ1) is 13.6. The van der Waals surface area contributed by atoms with E-state index in [0.717, 1.165) is 5.56 Å². The zero-order valence-corrected chi connectivity index (χ0v) is 15.6. The highest BCUT2D eigenvalue weighted by molar-refractivity contribution is 6.32. The zero-order valence-electron chi connectivity index (χ0n) is 14.9. The van der Waals surface area contributed by atoms with Gasteiger partial charge in [-0.3, -0.25) is 14.3 Å². The predicted molar refractivity (Wildman–Crippen MR) is 103 cm³/mol. The van der Waals surface area contributed by atoms with E-state index < -0.39 is 0 Å². The molecule has 0 bridgehead atoms. The van der Waals surface area contributed by atoms with Crippen LogP contribution in [0.15, 0.2) is 47.4 Å². The minimum atomic E-state index is -0.379. The van der Waals surface area contributed by atoms with Crippen LogP contribution in [0.1, 0.15) is 12.0 Å². The summed E-state index contributed by atoms with van der Waals surface area (Å²) in [7, 11) is 0. The molecule has 7 nitrogen and oxygen atoms in total. The van der Waals surface area contributed by atoms with Crippen LogP contribution in [-0.2, 0) is 22.7 Å². The van der Waals surface area contributed by atoms with Crippen LogP contribution in [0.3, 0.4) is 0 Å². The number of esters is 1. The van der Waals surface area contributed by atoms with Crippen LogP contribution in [0.25, 0.3) is 10.9 Å². The van der Waals surface area contributed by atoms with Gasteiger partial charge in [-0.15, -0.1) is 0 Å². The maximum Gasteiger partial charge on any atom is 0.308 e. The Kier molecular flexibility index (Phi) is 5.16. The molecule has 0 spiro atoms. The number of rotatable bonds is 5. The summed E-state index contributed by atoms with van der Waals surface area (Å²) >= 11 is 6.19. The Bertz CT molecular complexity index is 1100. The van der Waals surface area contributed by atoms with Gasteiger partial charge < -0.3 is 14.2 Å². The number of aromatic nitrogens is 2. The van der Waals surface area contributed by atoms with Gasteiger partial charge in [-0.25, -0.2) is 0 Å². The van der Waals surface area contributed by atoms with E-state index in [1.807, 2.05) is 6.07 Å². The number of para-hydroxylation sites is 1. The van der Waals surface area contributed by atoms with Gasteiger partial charge in [0.25, 0.3) is 0 Å². The highest BCUT2D eigenvalue weighted by atomic mass is 35.5. The molecule has 0 fully saturated rings. The first kappa shape index (κ1) is 18.3. The van der Waals surface area contributed by atoms with Crippen LogP contribution < -0.4 is 14.9 Å². The maximum absolute atomic E-state index is 12.2. The standard InChI is InChI=1S/C20H17ClN2O5/c21-15-9-13(10-18-20(15)27-8-7-26-18)12-28-19(25)5-6-23-16-4-2-1-3-14(16)17(24)11-22-23/h1-4,9-11H,5-8,12H2. The van der Waals surface area contributed by atoms with E-state index in [4.69, 9.17) is 25.8 Å². The molecule has 0 unspecified atom stereocenters. The summed E-state index contributed by atoms with van der Waals surface area (Å²) in [5.41, 5.74) is 1.25. The van der Waals surface area contributed by atoms with Gasteiger partial charge >= 0.3 is 5.97 Å². The molecule has 0 N–H and O–H groups in total. The van der Waals surface area contributed by atoms with Crippen LogP contribution in [0.2, 0.25) is 5.02 Å². The van der Waals surface area contributed by atoms with E-state index in [1.54, 1.807) is 35.0 Å². The summed E-state index contributed by atoms with van der Waals surface area (Å²) in [6, 6.07) is 10.6. The average molecular weight is 401 g/mol. The van der Waals surface area contributed by atoms with Gasteiger partial charge in [0.1, 0.15) is 19.8 Å². The van der Waals surface area contributed by atoms with Gasteiger partial charge in [0.05, 0.1) is 29.7 Å². The van der Waals surface area contributed by atoms with E-state index in [1.165, 1.54) is 6.20 Å². The first-order valence-electron chi connectivity index (χ1n) is 8.80. The molecule has 0 atom stereocenters. The molecular formula is C20H17ClN2O5. The van der Waals surface area contributed by atoms with Crippen molar-refractivity contribution in [1.82, 2.24) is 9.78 Å². The molecule has 1 aliphatic rings. The fourth-order valence-corrected chi connectivity index (χ4v) is 3.31. The molecule has 0 amide bonds. The zero-order chi connectivity index (χ0) is 19.5. The Hall–Kier alpha value is -3.06. The third-order valence-corrected chi connectivity index (χ3v) is 4.63. The predicted octanol–water partition coefficient (Wildman–Crippen LogP) is 2.95. The van der Waals surface area contributed by atoms with E-state index in [9.17, 15) is 9.59 Å². The van der Waals surface area contributed by atoms with Crippen molar-refractivity contribution in [3.8, 4) is 11.5 Å². The summed E-state index contributed by atoms with van der Waals surface area (Å²) in [4.78, 5) is 24.0. The number of ether oxygens (including phenoxy) is 3. The van der Waals surface area contributed by atoms with E-state index in [-0.39, 0.29) is 24.4 Å². The van der Waals surface area contributed by atoms with Crippen molar-refractivity contribution in [2.24, 2.45) is 0 Å². The number of carbonyl (C=O) groups is 1. The molecule has 4 rings (SSSR count). The number of carbonyl (C=O) groups excluding carboxylic acids is 1. The quantitative estimate of drug-likeness (QED) is 0.612. The Morgan fingerprint density at radius 3 is 2.93 bits per heavy atom. The lowest BCUT2D eigenvalue weighted by Crippen LogP contribution is -2.16. The van der Waals surface area contributed by atoms with E-state index in [2.05, 4.69) is 5.10 Å². The number of halogens is 1. The normalized spacial score (nSPS) is 12.8. The van der Waals surface area contributed by atoms with Gasteiger partial charge in [0.2, 0.25) is 5.43 Å². The number of fused-ring (bicyclic) bond motifs is 2. The summed E-state index contributed by atoms with van der Waals surface area (Å²) in [6.45, 7) is 1.29. The highest BCUT2D eigenvalue weighted by Crippen LogP contribution is 2.38. The van der Waals surface area contributed by atoms with Crippen molar-refractivity contribution in [3.05, 3.63) is 63.4 Å². The Morgan fingerprint density at radius 2 is 2.04 bits per heavy atom. The summed E-state index contributed by atoms with van der Waals surface area (Å²) in [5.74, 6) is 0.684. The van der Waals surface area contributed by atoms with Crippen molar-refractivity contribution in [1.29, 1.82) is 0 Å². The minimum absolute atomic E-state index is 0.0769. The number of nitrogens with zero attached hydrogens (tertiary/aromatic N) is 2. The van der Waals surface area contributed by atoms with Gasteiger partial charge in [-0.05, 0) is 29.8 Å². The largest absolute Gasteiger partial charge is 0.486 e. The minimum Gasteiger partial charge on any atom is -0.486 e. The Balaban J connectivity index is 1.39. The smallest absolute Gasteiger partial charge is 0.308 e. The lowest BCUT2D eigenvalue weighted by atomic mass is 10.2. The van der Waals surface area contributed by atoms with Crippen molar-refractivity contribution in [2.45, 2.75) is 19.6 Å². The van der Waals surface area contributed by atoms with Crippen molar-refractivity contribution >= 4 is 28.5 Å². The van der Waals surface area contributed by atoms with E-state index >= 15 is 0 Å². The maximum atomic E-state index is 12.2. The average Bonchev–Trinajstić information content (AvgIpc) is 2.72. The molecular weight excluding hydrogens is 384 g/mol. The lowest BCUT2D eigenvalue weighted by Gasteiger charge is -2.20.